The maximum atomic E-state index is 13.0. The zero-order chi connectivity index (χ0) is 23.7. The minimum Gasteiger partial charge on any atom is -0.370 e. The number of rotatable bonds is 6. The number of thiazole rings is 1. The summed E-state index contributed by atoms with van der Waals surface area (Å²) < 4.78 is 1.74. The Morgan fingerprint density at radius 1 is 1.09 bits per heavy atom. The van der Waals surface area contributed by atoms with E-state index in [1.807, 2.05) is 48.5 Å². The number of para-hydroxylation sites is 3. The molecule has 1 aliphatic heterocycles. The number of likely N-dealkylation sites (N-methyl/N-ethyl adjacent to an activating group) is 1. The molecule has 0 unspecified atom stereocenters. The van der Waals surface area contributed by atoms with Gasteiger partial charge in [-0.05, 0) is 38.1 Å². The Kier molecular flexibility index (Phi) is 5.76. The summed E-state index contributed by atoms with van der Waals surface area (Å²) in [5.74, 6) is -0.620. The molecule has 2 aromatic heterocycles. The van der Waals surface area contributed by atoms with Gasteiger partial charge in [-0.3, -0.25) is 9.59 Å². The number of hydrogen-bond acceptors (Lipinski definition) is 7. The summed E-state index contributed by atoms with van der Waals surface area (Å²) in [5, 5.41) is 13.9. The lowest BCUT2D eigenvalue weighted by atomic mass is 9.86. The lowest BCUT2D eigenvalue weighted by Crippen LogP contribution is -2.59. The number of nitrogens with zero attached hydrogens (tertiary/aromatic N) is 4. The van der Waals surface area contributed by atoms with Gasteiger partial charge in [0.2, 0.25) is 11.0 Å². The number of primary amides is 1. The zero-order valence-corrected chi connectivity index (χ0v) is 19.5. The molecule has 0 atom stereocenters. The first-order valence-electron chi connectivity index (χ1n) is 11.0. The smallest absolute Gasteiger partial charge is 0.275 e. The summed E-state index contributed by atoms with van der Waals surface area (Å²) in [7, 11) is 1.77. The molecule has 1 fully saturated rings. The molecule has 1 saturated heterocycles. The Morgan fingerprint density at radius 2 is 1.82 bits per heavy atom. The zero-order valence-electron chi connectivity index (χ0n) is 18.7. The van der Waals surface area contributed by atoms with Crippen LogP contribution in [0.25, 0.3) is 16.0 Å². The number of carbonyl (C=O) groups is 2. The molecule has 4 aromatic rings. The molecule has 0 bridgehead atoms. The molecule has 4 N–H and O–H groups in total. The summed E-state index contributed by atoms with van der Waals surface area (Å²) in [6, 6.07) is 15.5. The van der Waals surface area contributed by atoms with Crippen molar-refractivity contribution in [1.29, 1.82) is 0 Å². The molecular weight excluding hydrogens is 450 g/mol. The van der Waals surface area contributed by atoms with Gasteiger partial charge in [0.15, 0.2) is 0 Å². The Balaban J connectivity index is 1.33. The average molecular weight is 476 g/mol. The van der Waals surface area contributed by atoms with E-state index in [1.165, 1.54) is 11.3 Å². The van der Waals surface area contributed by atoms with E-state index >= 15 is 0 Å². The van der Waals surface area contributed by atoms with Crippen molar-refractivity contribution in [3.8, 4) is 5.13 Å². The SMILES string of the molecule is CNC1(C(N)=O)CCN(c2ccccc2NC(=O)c2csc(-n3ncc4ccccc43)n2)CC1. The van der Waals surface area contributed by atoms with Crippen molar-refractivity contribution < 1.29 is 9.59 Å². The highest BCUT2D eigenvalue weighted by Crippen LogP contribution is 2.32. The van der Waals surface area contributed by atoms with Crippen LogP contribution in [0.5, 0.6) is 0 Å². The number of carbonyl (C=O) groups excluding carboxylic acids is 2. The van der Waals surface area contributed by atoms with E-state index in [0.717, 1.165) is 16.6 Å². The number of hydrogen-bond donors (Lipinski definition) is 3. The number of aromatic nitrogens is 3. The van der Waals surface area contributed by atoms with Gasteiger partial charge in [0.05, 0.1) is 23.1 Å². The Morgan fingerprint density at radius 3 is 2.59 bits per heavy atom. The summed E-state index contributed by atoms with van der Waals surface area (Å²) in [6.07, 6.45) is 2.97. The van der Waals surface area contributed by atoms with Crippen molar-refractivity contribution in [2.45, 2.75) is 18.4 Å². The highest BCUT2D eigenvalue weighted by atomic mass is 32.1. The Labute approximate surface area is 200 Å². The number of nitrogens with one attached hydrogen (secondary N) is 2. The maximum Gasteiger partial charge on any atom is 0.275 e. The topological polar surface area (TPSA) is 118 Å². The monoisotopic (exact) mass is 475 g/mol. The first-order valence-corrected chi connectivity index (χ1v) is 11.9. The van der Waals surface area contributed by atoms with E-state index < -0.39 is 5.54 Å². The van der Waals surface area contributed by atoms with E-state index in [-0.39, 0.29) is 11.8 Å². The second-order valence-corrected chi connectivity index (χ2v) is 9.12. The first-order chi connectivity index (χ1) is 16.5. The van der Waals surface area contributed by atoms with E-state index in [9.17, 15) is 9.59 Å². The number of amides is 2. The molecule has 0 spiro atoms. The molecular formula is C24H25N7O2S. The minimum absolute atomic E-state index is 0.287. The van der Waals surface area contributed by atoms with Gasteiger partial charge in [0.1, 0.15) is 11.2 Å². The van der Waals surface area contributed by atoms with Crippen LogP contribution in [-0.2, 0) is 4.79 Å². The largest absolute Gasteiger partial charge is 0.370 e. The van der Waals surface area contributed by atoms with Crippen molar-refractivity contribution in [3.63, 3.8) is 0 Å². The standard InChI is InChI=1S/C24H25N7O2S/c1-26-24(22(25)33)10-12-30(13-11-24)20-9-5-3-7-17(20)28-21(32)18-15-34-23(29-18)31-19-8-4-2-6-16(19)14-27-31/h2-9,14-15,26H,10-13H2,1H3,(H2,25,33)(H,28,32). The summed E-state index contributed by atoms with van der Waals surface area (Å²) >= 11 is 1.37. The average Bonchev–Trinajstić information content (AvgIpc) is 3.52. The number of fused-ring (bicyclic) bond motifs is 1. The van der Waals surface area contributed by atoms with E-state index in [4.69, 9.17) is 5.73 Å². The second kappa shape index (κ2) is 8.88. The predicted molar refractivity (Wildman–Crippen MR) is 134 cm³/mol. The van der Waals surface area contributed by atoms with Crippen LogP contribution in [-0.4, -0.2) is 52.3 Å². The van der Waals surface area contributed by atoms with Crippen LogP contribution in [0.1, 0.15) is 23.3 Å². The highest BCUT2D eigenvalue weighted by Gasteiger charge is 2.38. The molecule has 34 heavy (non-hydrogen) atoms. The summed E-state index contributed by atoms with van der Waals surface area (Å²) in [5.41, 5.74) is 7.81. The second-order valence-electron chi connectivity index (χ2n) is 8.29. The first kappa shape index (κ1) is 22.1. The minimum atomic E-state index is -0.692. The fraction of sp³-hybridized carbons (Fsp3) is 0.250. The van der Waals surface area contributed by atoms with Gasteiger partial charge in [0, 0.05) is 23.9 Å². The van der Waals surface area contributed by atoms with Crippen molar-refractivity contribution in [2.75, 3.05) is 30.4 Å². The number of anilines is 2. The lowest BCUT2D eigenvalue weighted by molar-refractivity contribution is -0.125. The quantitative estimate of drug-likeness (QED) is 0.395. The molecule has 1 aliphatic rings. The van der Waals surface area contributed by atoms with Crippen LogP contribution in [0.3, 0.4) is 0 Å². The fourth-order valence-electron chi connectivity index (χ4n) is 4.38. The molecule has 0 aliphatic carbocycles. The van der Waals surface area contributed by atoms with Crippen LogP contribution in [0, 0.1) is 0 Å². The molecule has 3 heterocycles. The maximum absolute atomic E-state index is 13.0. The highest BCUT2D eigenvalue weighted by molar-refractivity contribution is 7.12. The van der Waals surface area contributed by atoms with Crippen molar-refractivity contribution in [2.24, 2.45) is 5.73 Å². The third-order valence-electron chi connectivity index (χ3n) is 6.44. The van der Waals surface area contributed by atoms with Crippen molar-refractivity contribution in [1.82, 2.24) is 20.1 Å². The van der Waals surface area contributed by atoms with Crippen LogP contribution < -0.4 is 21.3 Å². The van der Waals surface area contributed by atoms with E-state index in [2.05, 4.69) is 25.6 Å². The van der Waals surface area contributed by atoms with Gasteiger partial charge in [-0.25, -0.2) is 9.67 Å². The fourth-order valence-corrected chi connectivity index (χ4v) is 5.15. The normalized spacial score (nSPS) is 15.4. The number of nitrogens with two attached hydrogens (primary N) is 1. The van der Waals surface area contributed by atoms with Gasteiger partial charge >= 0.3 is 0 Å². The van der Waals surface area contributed by atoms with Gasteiger partial charge in [-0.2, -0.15) is 5.10 Å². The van der Waals surface area contributed by atoms with Gasteiger partial charge in [0.25, 0.3) is 5.91 Å². The molecule has 2 aromatic carbocycles. The van der Waals surface area contributed by atoms with Crippen LogP contribution >= 0.6 is 11.3 Å². The Hall–Kier alpha value is -3.76. The molecule has 0 radical (unpaired) electrons. The van der Waals surface area contributed by atoms with Crippen molar-refractivity contribution >= 4 is 45.4 Å². The third kappa shape index (κ3) is 3.91. The van der Waals surface area contributed by atoms with Crippen molar-refractivity contribution in [3.05, 3.63) is 65.8 Å². The van der Waals surface area contributed by atoms with Gasteiger partial charge < -0.3 is 21.3 Å². The van der Waals surface area contributed by atoms with Crippen LogP contribution in [0.15, 0.2) is 60.1 Å². The molecule has 174 valence electrons. The number of benzene rings is 2. The van der Waals surface area contributed by atoms with Gasteiger partial charge in [-0.1, -0.05) is 30.3 Å². The van der Waals surface area contributed by atoms with E-state index in [0.29, 0.717) is 42.4 Å². The third-order valence-corrected chi connectivity index (χ3v) is 7.26. The molecule has 9 nitrogen and oxygen atoms in total. The van der Waals surface area contributed by atoms with Gasteiger partial charge in [-0.15, -0.1) is 11.3 Å². The molecule has 5 rings (SSSR count). The summed E-state index contributed by atoms with van der Waals surface area (Å²) in [6.45, 7) is 1.29. The Bertz CT molecular complexity index is 1350. The van der Waals surface area contributed by atoms with E-state index in [1.54, 1.807) is 23.3 Å². The molecule has 10 heteroatoms. The van der Waals surface area contributed by atoms with Crippen LogP contribution in [0.4, 0.5) is 11.4 Å². The number of piperidine rings is 1. The molecule has 0 saturated carbocycles. The molecule has 2 amide bonds. The predicted octanol–water partition coefficient (Wildman–Crippen LogP) is 2.78. The summed E-state index contributed by atoms with van der Waals surface area (Å²) in [4.78, 5) is 31.7. The lowest BCUT2D eigenvalue weighted by Gasteiger charge is -2.41. The van der Waals surface area contributed by atoms with Crippen LogP contribution in [0.2, 0.25) is 0 Å².